The summed E-state index contributed by atoms with van der Waals surface area (Å²) in [6, 6.07) is 0. The van der Waals surface area contributed by atoms with Gasteiger partial charge in [0.15, 0.2) is 0 Å². The zero-order valence-electron chi connectivity index (χ0n) is 8.61. The number of hydrazine groups is 1. The van der Waals surface area contributed by atoms with E-state index in [1.165, 1.54) is 5.01 Å². The fraction of sp³-hybridized carbons (Fsp3) is 0.889. The van der Waals surface area contributed by atoms with Crippen LogP contribution in [-0.2, 0) is 4.79 Å². The number of carbonyl (C=O) groups is 1. The van der Waals surface area contributed by atoms with Gasteiger partial charge in [-0.25, -0.2) is 5.84 Å². The number of amides is 1. The Balaban J connectivity index is 3.42. The van der Waals surface area contributed by atoms with Gasteiger partial charge in [-0.05, 0) is 25.8 Å². The highest BCUT2D eigenvalue weighted by Gasteiger charge is 2.07. The number of hydrogen-bond acceptors (Lipinski definition) is 4. The number of carbonyl (C=O) groups excluding carboxylic acids is 1. The molecule has 0 atom stereocenters. The third-order valence-electron chi connectivity index (χ3n) is 1.97. The fourth-order valence-electron chi connectivity index (χ4n) is 1.11. The summed E-state index contributed by atoms with van der Waals surface area (Å²) in [7, 11) is 0. The average molecular weight is 203 g/mol. The molecule has 0 spiro atoms. The first-order valence-corrected chi connectivity index (χ1v) is 5.08. The maximum Gasteiger partial charge on any atom is 0.236 e. The number of unbranched alkanes of at least 4 members (excludes halogenated alkanes) is 2. The Hall–Kier alpha value is -0.650. The van der Waals surface area contributed by atoms with Crippen molar-refractivity contribution in [2.24, 2.45) is 11.6 Å². The lowest BCUT2D eigenvalue weighted by Crippen LogP contribution is -2.38. The molecule has 1 amide bonds. The van der Waals surface area contributed by atoms with Crippen molar-refractivity contribution >= 4 is 5.91 Å². The summed E-state index contributed by atoms with van der Waals surface area (Å²) in [6.07, 6.45) is 3.76. The van der Waals surface area contributed by atoms with E-state index in [1.807, 2.05) is 0 Å². The van der Waals surface area contributed by atoms with Crippen LogP contribution < -0.4 is 11.6 Å². The molecule has 0 fully saturated rings. The molecule has 0 aromatic carbocycles. The Bertz CT molecular complexity index is 153. The predicted molar refractivity (Wildman–Crippen MR) is 55.1 cm³/mol. The first-order valence-electron chi connectivity index (χ1n) is 5.08. The highest BCUT2D eigenvalue weighted by atomic mass is 16.3. The number of rotatable bonds is 8. The number of aliphatic hydroxyl groups is 1. The maximum atomic E-state index is 11.3. The molecule has 0 unspecified atom stereocenters. The molecule has 0 rings (SSSR count). The quantitative estimate of drug-likeness (QED) is 0.216. The lowest BCUT2D eigenvalue weighted by Gasteiger charge is -2.15. The van der Waals surface area contributed by atoms with Crippen LogP contribution >= 0.6 is 0 Å². The molecule has 5 N–H and O–H groups in total. The first-order chi connectivity index (χ1) is 6.72. The van der Waals surface area contributed by atoms with Crippen LogP contribution in [0.4, 0.5) is 0 Å². The molecular weight excluding hydrogens is 182 g/mol. The van der Waals surface area contributed by atoms with Crippen LogP contribution in [0.1, 0.15) is 32.1 Å². The van der Waals surface area contributed by atoms with Gasteiger partial charge in [-0.15, -0.1) is 0 Å². The van der Waals surface area contributed by atoms with E-state index in [9.17, 15) is 4.79 Å². The molecular formula is C9H21N3O2. The van der Waals surface area contributed by atoms with Gasteiger partial charge < -0.3 is 10.8 Å². The van der Waals surface area contributed by atoms with Crippen LogP contribution in [0.25, 0.3) is 0 Å². The molecule has 14 heavy (non-hydrogen) atoms. The van der Waals surface area contributed by atoms with Gasteiger partial charge in [0.25, 0.3) is 0 Å². The minimum Gasteiger partial charge on any atom is -0.396 e. The van der Waals surface area contributed by atoms with Gasteiger partial charge in [0.05, 0.1) is 0 Å². The Morgan fingerprint density at radius 3 is 2.50 bits per heavy atom. The lowest BCUT2D eigenvalue weighted by atomic mass is 10.2. The topological polar surface area (TPSA) is 92.6 Å². The molecule has 0 aromatic rings. The van der Waals surface area contributed by atoms with E-state index in [0.717, 1.165) is 19.3 Å². The van der Waals surface area contributed by atoms with E-state index >= 15 is 0 Å². The normalized spacial score (nSPS) is 10.2. The Labute approximate surface area is 85.0 Å². The number of hydrogen-bond donors (Lipinski definition) is 3. The van der Waals surface area contributed by atoms with Crippen molar-refractivity contribution in [1.29, 1.82) is 0 Å². The molecule has 0 saturated heterocycles. The van der Waals surface area contributed by atoms with E-state index < -0.39 is 0 Å². The Morgan fingerprint density at radius 1 is 1.21 bits per heavy atom. The van der Waals surface area contributed by atoms with E-state index in [2.05, 4.69) is 0 Å². The highest BCUT2D eigenvalue weighted by molar-refractivity contribution is 5.75. The number of aliphatic hydroxyl groups excluding tert-OH is 1. The summed E-state index contributed by atoms with van der Waals surface area (Å²) in [5.74, 6) is 5.41. The largest absolute Gasteiger partial charge is 0.396 e. The Morgan fingerprint density at radius 2 is 1.93 bits per heavy atom. The van der Waals surface area contributed by atoms with Crippen LogP contribution in [0, 0.1) is 0 Å². The van der Waals surface area contributed by atoms with Crippen molar-refractivity contribution in [3.05, 3.63) is 0 Å². The van der Waals surface area contributed by atoms with Gasteiger partial charge in [0.2, 0.25) is 5.91 Å². The van der Waals surface area contributed by atoms with E-state index in [1.54, 1.807) is 0 Å². The summed E-state index contributed by atoms with van der Waals surface area (Å²) in [5, 5.41) is 9.71. The van der Waals surface area contributed by atoms with Crippen LogP contribution in [0.3, 0.4) is 0 Å². The summed E-state index contributed by atoms with van der Waals surface area (Å²) in [6.45, 7) is 1.16. The second-order valence-corrected chi connectivity index (χ2v) is 3.26. The monoisotopic (exact) mass is 203 g/mol. The van der Waals surface area contributed by atoms with Gasteiger partial charge in [-0.1, -0.05) is 6.42 Å². The SMILES string of the molecule is NCCCCCC(=O)N(N)CCCO. The molecule has 5 nitrogen and oxygen atoms in total. The highest BCUT2D eigenvalue weighted by Crippen LogP contribution is 2.00. The standard InChI is InChI=1S/C9H21N3O2/c10-6-3-1-2-5-9(14)12(11)7-4-8-13/h13H,1-8,10-11H2. The lowest BCUT2D eigenvalue weighted by molar-refractivity contribution is -0.131. The number of nitrogens with zero attached hydrogens (tertiary/aromatic N) is 1. The fourth-order valence-corrected chi connectivity index (χ4v) is 1.11. The summed E-state index contributed by atoms with van der Waals surface area (Å²) >= 11 is 0. The van der Waals surface area contributed by atoms with Crippen LogP contribution in [0.15, 0.2) is 0 Å². The molecule has 0 aliphatic carbocycles. The predicted octanol–water partition coefficient (Wildman–Crippen LogP) is -0.410. The van der Waals surface area contributed by atoms with Crippen molar-refractivity contribution in [2.45, 2.75) is 32.1 Å². The van der Waals surface area contributed by atoms with Gasteiger partial charge in [-0.2, -0.15) is 0 Å². The van der Waals surface area contributed by atoms with Crippen molar-refractivity contribution in [1.82, 2.24) is 5.01 Å². The van der Waals surface area contributed by atoms with Crippen molar-refractivity contribution < 1.29 is 9.90 Å². The molecule has 0 aliphatic heterocycles. The molecule has 0 radical (unpaired) electrons. The van der Waals surface area contributed by atoms with Crippen molar-refractivity contribution in [3.63, 3.8) is 0 Å². The third-order valence-corrected chi connectivity index (χ3v) is 1.97. The third kappa shape index (κ3) is 6.82. The zero-order chi connectivity index (χ0) is 10.8. The number of nitrogens with two attached hydrogens (primary N) is 2. The average Bonchev–Trinajstić information content (AvgIpc) is 2.20. The zero-order valence-corrected chi connectivity index (χ0v) is 8.61. The summed E-state index contributed by atoms with van der Waals surface area (Å²) in [5.41, 5.74) is 5.32. The maximum absolute atomic E-state index is 11.3. The van der Waals surface area contributed by atoms with E-state index in [0.29, 0.717) is 25.9 Å². The van der Waals surface area contributed by atoms with E-state index in [-0.39, 0.29) is 12.5 Å². The van der Waals surface area contributed by atoms with Gasteiger partial charge in [0, 0.05) is 19.6 Å². The van der Waals surface area contributed by atoms with Gasteiger partial charge >= 0.3 is 0 Å². The van der Waals surface area contributed by atoms with Crippen LogP contribution in [-0.4, -0.2) is 35.7 Å². The molecule has 5 heteroatoms. The first kappa shape index (κ1) is 13.4. The van der Waals surface area contributed by atoms with Gasteiger partial charge in [-0.3, -0.25) is 9.80 Å². The minimum absolute atomic E-state index is 0.0597. The smallest absolute Gasteiger partial charge is 0.236 e. The van der Waals surface area contributed by atoms with Crippen LogP contribution in [0.5, 0.6) is 0 Å². The molecule has 84 valence electrons. The molecule has 0 heterocycles. The molecule has 0 aliphatic rings. The second-order valence-electron chi connectivity index (χ2n) is 3.26. The van der Waals surface area contributed by atoms with Crippen LogP contribution in [0.2, 0.25) is 0 Å². The Kier molecular flexibility index (Phi) is 8.51. The second kappa shape index (κ2) is 8.93. The minimum atomic E-state index is -0.0597. The van der Waals surface area contributed by atoms with Gasteiger partial charge in [0.1, 0.15) is 0 Å². The van der Waals surface area contributed by atoms with Crippen molar-refractivity contribution in [2.75, 3.05) is 19.7 Å². The van der Waals surface area contributed by atoms with Crippen molar-refractivity contribution in [3.8, 4) is 0 Å². The molecule has 0 saturated carbocycles. The molecule has 0 bridgehead atoms. The van der Waals surface area contributed by atoms with E-state index in [4.69, 9.17) is 16.7 Å². The molecule has 0 aromatic heterocycles. The summed E-state index contributed by atoms with van der Waals surface area (Å²) in [4.78, 5) is 11.3. The summed E-state index contributed by atoms with van der Waals surface area (Å²) < 4.78 is 0.